The molecule has 1 heterocycles. The minimum Gasteiger partial charge on any atom is -0.493 e. The number of benzene rings is 6. The van der Waals surface area contributed by atoms with E-state index >= 15 is 0 Å². The zero-order valence-corrected chi connectivity index (χ0v) is 36.2. The van der Waals surface area contributed by atoms with E-state index in [0.29, 0.717) is 45.6 Å². The molecule has 0 aliphatic rings. The van der Waals surface area contributed by atoms with Crippen LogP contribution in [0, 0.1) is 0 Å². The smallest absolute Gasteiger partial charge is 0.416 e. The Hall–Kier alpha value is -6.09. The highest BCUT2D eigenvalue weighted by Gasteiger charge is 2.39. The molecule has 7 aromatic rings. The van der Waals surface area contributed by atoms with Gasteiger partial charge in [-0.15, -0.1) is 0 Å². The Balaban J connectivity index is 1.70. The number of hydrogen-bond donors (Lipinski definition) is 0. The normalized spacial score (nSPS) is 12.6. The van der Waals surface area contributed by atoms with Gasteiger partial charge in [0, 0.05) is 10.8 Å². The minimum absolute atomic E-state index is 0.0115. The monoisotopic (exact) mass is 951 g/mol. The van der Waals surface area contributed by atoms with Gasteiger partial charge in [0.05, 0.1) is 78.4 Å². The highest BCUT2D eigenvalue weighted by molar-refractivity contribution is 7.72. The van der Waals surface area contributed by atoms with Crippen molar-refractivity contribution in [1.29, 1.82) is 0 Å². The average Bonchev–Trinajstić information content (AvgIpc) is 3.57. The van der Waals surface area contributed by atoms with Crippen molar-refractivity contribution in [3.8, 4) is 45.3 Å². The van der Waals surface area contributed by atoms with E-state index in [1.807, 2.05) is 0 Å². The molecule has 0 atom stereocenters. The standard InChI is InChI=1S/C48H38F12NO4P/c1-5-62-39-11-9-12-40(63-6-2)43(39)66(44-41(64-7-3)13-10-14-42(44)65-8-4)61-37-23-27(29-19-31(45(49,50)51)25-32(20-29)46(52,53)54)15-17-35(37)36-18-16-28(24-38(36)61)30-21-33(47(55,56)57)26-34(22-30)48(58,59)60/h9-26H,5-8H2,1-4H3. The second-order valence-corrected chi connectivity index (χ2v) is 16.5. The molecule has 0 fully saturated rings. The zero-order valence-electron chi connectivity index (χ0n) is 35.3. The second kappa shape index (κ2) is 18.3. The van der Waals surface area contributed by atoms with E-state index in [-0.39, 0.29) is 83.7 Å². The molecule has 1 aromatic heterocycles. The molecule has 0 radical (unpaired) electrons. The van der Waals surface area contributed by atoms with Gasteiger partial charge >= 0.3 is 24.7 Å². The summed E-state index contributed by atoms with van der Waals surface area (Å²) in [5.41, 5.74) is -6.90. The number of ether oxygens (including phenoxy) is 4. The number of aromatic nitrogens is 1. The van der Waals surface area contributed by atoms with Crippen molar-refractivity contribution in [2.24, 2.45) is 0 Å². The molecule has 0 bridgehead atoms. The summed E-state index contributed by atoms with van der Waals surface area (Å²) in [6.45, 7) is 7.44. The van der Waals surface area contributed by atoms with Crippen LogP contribution in [0.5, 0.6) is 23.0 Å². The van der Waals surface area contributed by atoms with Crippen LogP contribution in [0.25, 0.3) is 44.1 Å². The van der Waals surface area contributed by atoms with Crippen molar-refractivity contribution in [2.45, 2.75) is 52.4 Å². The van der Waals surface area contributed by atoms with Gasteiger partial charge in [-0.1, -0.05) is 36.4 Å². The molecular formula is C48H38F12NO4P. The highest BCUT2D eigenvalue weighted by Crippen LogP contribution is 2.53. The molecule has 66 heavy (non-hydrogen) atoms. The maximum atomic E-state index is 14.2. The van der Waals surface area contributed by atoms with E-state index in [1.165, 1.54) is 36.4 Å². The van der Waals surface area contributed by atoms with Crippen molar-refractivity contribution in [3.05, 3.63) is 131 Å². The molecule has 0 N–H and O–H groups in total. The topological polar surface area (TPSA) is 41.9 Å². The zero-order chi connectivity index (χ0) is 47.9. The lowest BCUT2D eigenvalue weighted by molar-refractivity contribution is -0.144. The van der Waals surface area contributed by atoms with Gasteiger partial charge in [0.15, 0.2) is 0 Å². The lowest BCUT2D eigenvalue weighted by Crippen LogP contribution is -2.24. The summed E-state index contributed by atoms with van der Waals surface area (Å²) in [7, 11) is -2.30. The van der Waals surface area contributed by atoms with Gasteiger partial charge in [-0.3, -0.25) is 0 Å². The molecule has 0 saturated carbocycles. The second-order valence-electron chi connectivity index (χ2n) is 14.6. The summed E-state index contributed by atoms with van der Waals surface area (Å²) in [5.74, 6) is 1.13. The molecule has 348 valence electrons. The third-order valence-electron chi connectivity index (χ3n) is 10.3. The fourth-order valence-corrected chi connectivity index (χ4v) is 10.4. The van der Waals surface area contributed by atoms with Crippen LogP contribution in [-0.2, 0) is 24.7 Å². The number of fused-ring (bicyclic) bond motifs is 3. The van der Waals surface area contributed by atoms with Crippen LogP contribution in [0.15, 0.2) is 109 Å². The minimum atomic E-state index is -5.17. The first kappa shape index (κ1) is 47.9. The van der Waals surface area contributed by atoms with Crippen LogP contribution in [0.4, 0.5) is 52.7 Å². The number of halogens is 12. The number of nitrogens with zero attached hydrogens (tertiary/aromatic N) is 1. The fourth-order valence-electron chi connectivity index (χ4n) is 7.64. The summed E-state index contributed by atoms with van der Waals surface area (Å²) in [4.78, 5) is 0. The van der Waals surface area contributed by atoms with Gasteiger partial charge in [-0.05, 0) is 123 Å². The summed E-state index contributed by atoms with van der Waals surface area (Å²) in [6.07, 6.45) is -20.7. The number of alkyl halides is 12. The third kappa shape index (κ3) is 9.58. The van der Waals surface area contributed by atoms with Crippen molar-refractivity contribution in [2.75, 3.05) is 26.4 Å². The molecule has 0 aliphatic carbocycles. The van der Waals surface area contributed by atoms with E-state index in [1.54, 1.807) is 68.4 Å². The van der Waals surface area contributed by atoms with Crippen molar-refractivity contribution in [1.82, 2.24) is 4.34 Å². The highest BCUT2D eigenvalue weighted by atomic mass is 31.1. The van der Waals surface area contributed by atoms with E-state index in [0.717, 1.165) is 0 Å². The Morgan fingerprint density at radius 3 is 0.924 bits per heavy atom. The van der Waals surface area contributed by atoms with Gasteiger partial charge < -0.3 is 23.3 Å². The van der Waals surface area contributed by atoms with E-state index in [9.17, 15) is 52.7 Å². The third-order valence-corrected chi connectivity index (χ3v) is 12.9. The van der Waals surface area contributed by atoms with Gasteiger partial charge in [0.1, 0.15) is 23.0 Å². The summed E-state index contributed by atoms with van der Waals surface area (Å²) >= 11 is 0. The van der Waals surface area contributed by atoms with Crippen molar-refractivity contribution in [3.63, 3.8) is 0 Å². The Kier molecular flexibility index (Phi) is 13.3. The SMILES string of the molecule is CCOc1cccc(OCC)c1P(c1c(OCC)cccc1OCC)n1c2cc(-c3cc(C(F)(F)F)cc(C(F)(F)F)c3)ccc2c2ccc(-c3cc(C(F)(F)F)cc(C(F)(F)F)c3)cc21. The molecule has 0 unspecified atom stereocenters. The maximum absolute atomic E-state index is 14.2. The van der Waals surface area contributed by atoms with Crippen LogP contribution in [-0.4, -0.2) is 30.8 Å². The van der Waals surface area contributed by atoms with Crippen molar-refractivity contribution >= 4 is 40.5 Å². The van der Waals surface area contributed by atoms with Crippen molar-refractivity contribution < 1.29 is 71.6 Å². The lowest BCUT2D eigenvalue weighted by Gasteiger charge is -2.29. The Morgan fingerprint density at radius 1 is 0.379 bits per heavy atom. The van der Waals surface area contributed by atoms with E-state index in [4.69, 9.17) is 18.9 Å². The van der Waals surface area contributed by atoms with Gasteiger partial charge in [-0.25, -0.2) is 0 Å². The quantitative estimate of drug-likeness (QED) is 0.0853. The van der Waals surface area contributed by atoms with Gasteiger partial charge in [-0.2, -0.15) is 52.7 Å². The molecule has 6 aromatic carbocycles. The summed E-state index contributed by atoms with van der Waals surface area (Å²) in [5, 5.41) is 1.51. The average molecular weight is 952 g/mol. The van der Waals surface area contributed by atoms with Crippen LogP contribution in [0.2, 0.25) is 0 Å². The van der Waals surface area contributed by atoms with Crippen LogP contribution >= 0.6 is 8.07 Å². The van der Waals surface area contributed by atoms with Crippen LogP contribution in [0.3, 0.4) is 0 Å². The van der Waals surface area contributed by atoms with Gasteiger partial charge in [0.2, 0.25) is 0 Å². The van der Waals surface area contributed by atoms with E-state index < -0.39 is 66.2 Å². The molecule has 0 aliphatic heterocycles. The predicted molar refractivity (Wildman–Crippen MR) is 229 cm³/mol. The predicted octanol–water partition coefficient (Wildman–Crippen LogP) is 14.7. The molecule has 18 heteroatoms. The summed E-state index contributed by atoms with van der Waals surface area (Å²) in [6, 6.07) is 20.8. The number of hydrogen-bond acceptors (Lipinski definition) is 4. The molecular weight excluding hydrogens is 913 g/mol. The first-order chi connectivity index (χ1) is 31.1. The molecule has 0 spiro atoms. The molecule has 0 saturated heterocycles. The molecule has 7 rings (SSSR count). The van der Waals surface area contributed by atoms with E-state index in [2.05, 4.69) is 0 Å². The first-order valence-corrected chi connectivity index (χ1v) is 21.6. The summed E-state index contributed by atoms with van der Waals surface area (Å²) < 4.78 is 197. The Morgan fingerprint density at radius 2 is 0.667 bits per heavy atom. The Bertz CT molecular complexity index is 2600. The number of rotatable bonds is 13. The lowest BCUT2D eigenvalue weighted by atomic mass is 9.97. The maximum Gasteiger partial charge on any atom is 0.416 e. The first-order valence-electron chi connectivity index (χ1n) is 20.3. The largest absolute Gasteiger partial charge is 0.493 e. The van der Waals surface area contributed by atoms with Crippen LogP contribution in [0.1, 0.15) is 49.9 Å². The Labute approximate surface area is 371 Å². The van der Waals surface area contributed by atoms with Gasteiger partial charge in [0.25, 0.3) is 0 Å². The molecule has 0 amide bonds. The molecule has 5 nitrogen and oxygen atoms in total. The fraction of sp³-hybridized carbons (Fsp3) is 0.250. The van der Waals surface area contributed by atoms with Crippen LogP contribution < -0.4 is 29.6 Å².